The molecule has 0 aromatic heterocycles. The number of carbonyl (C=O) groups is 1. The van der Waals surface area contributed by atoms with Crippen LogP contribution in [-0.2, 0) is 33.2 Å². The number of carbonyl (C=O) groups excluding carboxylic acids is 1. The molecule has 0 saturated carbocycles. The van der Waals surface area contributed by atoms with Crippen LogP contribution in [0, 0.1) is 0 Å². The van der Waals surface area contributed by atoms with Gasteiger partial charge in [-0.05, 0) is 19.3 Å². The summed E-state index contributed by atoms with van der Waals surface area (Å²) >= 11 is 0. The van der Waals surface area contributed by atoms with Crippen LogP contribution in [0.5, 0.6) is 0 Å². The normalized spacial score (nSPS) is 32.0. The first-order chi connectivity index (χ1) is 34.8. The number of rotatable bonds is 40. The fraction of sp³-hybridized carbons (Fsp3) is 0.943. The van der Waals surface area contributed by atoms with Crippen LogP contribution in [-0.4, -0.2) is 193 Å². The van der Waals surface area contributed by atoms with E-state index in [0.29, 0.717) is 6.42 Å². The summed E-state index contributed by atoms with van der Waals surface area (Å²) in [5.41, 5.74) is 0. The SMILES string of the molecule is CCCCCCCCCCCCCCCCCCCCCCC/C=C/C(O)C(COC1OC(CO)C(OC2OC(CO)C(OC3OC(CO)C(O)C(O)C3O)C(O)C2O)C(O)C1O)NC(=O)CCCCCC. The van der Waals surface area contributed by atoms with Crippen molar-refractivity contribution < 1.29 is 89.4 Å². The number of aliphatic hydroxyl groups excluding tert-OH is 11. The number of hydrogen-bond acceptors (Lipinski definition) is 18. The molecule has 72 heavy (non-hydrogen) atoms. The zero-order valence-electron chi connectivity index (χ0n) is 43.7. The minimum Gasteiger partial charge on any atom is -0.394 e. The summed E-state index contributed by atoms with van der Waals surface area (Å²) in [6.07, 6.45) is 8.75. The molecule has 3 aliphatic heterocycles. The minimum absolute atomic E-state index is 0.237. The van der Waals surface area contributed by atoms with E-state index in [2.05, 4.69) is 19.2 Å². The Morgan fingerprint density at radius 2 is 0.861 bits per heavy atom. The van der Waals surface area contributed by atoms with E-state index >= 15 is 0 Å². The zero-order chi connectivity index (χ0) is 52.7. The van der Waals surface area contributed by atoms with Crippen LogP contribution in [0.3, 0.4) is 0 Å². The molecule has 424 valence electrons. The number of amides is 1. The zero-order valence-corrected chi connectivity index (χ0v) is 43.7. The highest BCUT2D eigenvalue weighted by atomic mass is 16.8. The maximum atomic E-state index is 13.0. The molecule has 3 fully saturated rings. The molecule has 3 heterocycles. The Labute approximate surface area is 429 Å². The van der Waals surface area contributed by atoms with Crippen LogP contribution in [0.1, 0.15) is 187 Å². The third-order valence-corrected chi connectivity index (χ3v) is 14.3. The maximum Gasteiger partial charge on any atom is 0.220 e. The predicted octanol–water partition coefficient (Wildman–Crippen LogP) is 3.43. The first-order valence-corrected chi connectivity index (χ1v) is 27.9. The predicted molar refractivity (Wildman–Crippen MR) is 268 cm³/mol. The lowest BCUT2D eigenvalue weighted by Crippen LogP contribution is -2.66. The number of ether oxygens (including phenoxy) is 6. The van der Waals surface area contributed by atoms with Gasteiger partial charge in [0.15, 0.2) is 18.9 Å². The Hall–Kier alpha value is -1.47. The highest BCUT2D eigenvalue weighted by Crippen LogP contribution is 2.33. The second kappa shape index (κ2) is 38.1. The largest absolute Gasteiger partial charge is 0.394 e. The monoisotopic (exact) mass is 1040 g/mol. The van der Waals surface area contributed by atoms with Crippen LogP contribution in [0.2, 0.25) is 0 Å². The molecule has 3 saturated heterocycles. The van der Waals surface area contributed by atoms with E-state index in [9.17, 15) is 61.0 Å². The minimum atomic E-state index is -1.97. The van der Waals surface area contributed by atoms with Crippen molar-refractivity contribution in [3.05, 3.63) is 12.2 Å². The first-order valence-electron chi connectivity index (χ1n) is 27.9. The van der Waals surface area contributed by atoms with Gasteiger partial charge in [0.25, 0.3) is 0 Å². The van der Waals surface area contributed by atoms with Crippen LogP contribution < -0.4 is 5.32 Å². The van der Waals surface area contributed by atoms with Crippen molar-refractivity contribution in [3.8, 4) is 0 Å². The van der Waals surface area contributed by atoms with E-state index in [1.807, 2.05) is 6.08 Å². The fourth-order valence-corrected chi connectivity index (χ4v) is 9.66. The summed E-state index contributed by atoms with van der Waals surface area (Å²) in [5.74, 6) is -0.293. The Kier molecular flexibility index (Phi) is 34.3. The summed E-state index contributed by atoms with van der Waals surface area (Å²) in [5, 5.41) is 119. The van der Waals surface area contributed by atoms with Gasteiger partial charge in [-0.15, -0.1) is 0 Å². The number of nitrogens with one attached hydrogen (secondary N) is 1. The summed E-state index contributed by atoms with van der Waals surface area (Å²) in [6, 6.07) is -0.963. The molecule has 1 amide bonds. The molecule has 3 aliphatic rings. The van der Waals surface area contributed by atoms with Crippen molar-refractivity contribution in [1.82, 2.24) is 5.32 Å². The smallest absolute Gasteiger partial charge is 0.220 e. The van der Waals surface area contributed by atoms with Gasteiger partial charge in [-0.2, -0.15) is 0 Å². The van der Waals surface area contributed by atoms with Crippen molar-refractivity contribution in [3.63, 3.8) is 0 Å². The lowest BCUT2D eigenvalue weighted by atomic mass is 9.96. The van der Waals surface area contributed by atoms with Gasteiger partial charge in [-0.1, -0.05) is 174 Å². The average Bonchev–Trinajstić information content (AvgIpc) is 3.38. The van der Waals surface area contributed by atoms with Gasteiger partial charge in [0.1, 0.15) is 73.2 Å². The van der Waals surface area contributed by atoms with Crippen molar-refractivity contribution in [1.29, 1.82) is 0 Å². The van der Waals surface area contributed by atoms with E-state index in [0.717, 1.165) is 44.9 Å². The summed E-state index contributed by atoms with van der Waals surface area (Å²) < 4.78 is 34.0. The molecule has 0 spiro atoms. The average molecular weight is 1040 g/mol. The third-order valence-electron chi connectivity index (χ3n) is 14.3. The number of hydrogen-bond donors (Lipinski definition) is 12. The lowest BCUT2D eigenvalue weighted by molar-refractivity contribution is -0.379. The van der Waals surface area contributed by atoms with E-state index in [1.165, 1.54) is 116 Å². The van der Waals surface area contributed by atoms with Gasteiger partial charge in [-0.3, -0.25) is 4.79 Å². The van der Waals surface area contributed by atoms with Gasteiger partial charge in [0, 0.05) is 6.42 Å². The molecule has 3 rings (SSSR count). The Bertz CT molecular complexity index is 1380. The van der Waals surface area contributed by atoms with Gasteiger partial charge in [-0.25, -0.2) is 0 Å². The fourth-order valence-electron chi connectivity index (χ4n) is 9.66. The van der Waals surface area contributed by atoms with Crippen LogP contribution >= 0.6 is 0 Å². The molecule has 0 aromatic carbocycles. The van der Waals surface area contributed by atoms with Crippen LogP contribution in [0.15, 0.2) is 12.2 Å². The number of unbranched alkanes of at least 4 members (excludes halogenated alkanes) is 24. The van der Waals surface area contributed by atoms with Gasteiger partial charge >= 0.3 is 0 Å². The quantitative estimate of drug-likeness (QED) is 0.0309. The number of allylic oxidation sites excluding steroid dienone is 1. The summed E-state index contributed by atoms with van der Waals surface area (Å²) in [6.45, 7) is 1.57. The molecule has 17 atom stereocenters. The standard InChI is InChI=1S/C53H99NO18/c1-3-5-7-9-10-11-12-13-14-15-16-17-18-19-20-21-22-23-24-25-26-27-28-30-37(58)36(54-41(59)31-29-8-6-4-2)35-67-51-47(65)44(62)49(39(33-56)69-51)72-53-48(66)45(63)50(40(34-57)70-53)71-52-46(64)43(61)42(60)38(32-55)68-52/h28,30,36-40,42-53,55-58,60-66H,3-27,29,31-35H2,1-2H3,(H,54,59)/b30-28+. The second-order valence-corrected chi connectivity index (χ2v) is 20.4. The lowest BCUT2D eigenvalue weighted by Gasteiger charge is -2.48. The van der Waals surface area contributed by atoms with Crippen LogP contribution in [0.25, 0.3) is 0 Å². The molecule has 12 N–H and O–H groups in total. The summed E-state index contributed by atoms with van der Waals surface area (Å²) in [7, 11) is 0. The molecular weight excluding hydrogens is 939 g/mol. The first kappa shape index (κ1) is 64.8. The van der Waals surface area contributed by atoms with Gasteiger partial charge in [0.05, 0.1) is 38.6 Å². The van der Waals surface area contributed by atoms with Crippen molar-refractivity contribution >= 4 is 5.91 Å². The molecule has 19 heteroatoms. The second-order valence-electron chi connectivity index (χ2n) is 20.4. The van der Waals surface area contributed by atoms with Gasteiger partial charge in [0.2, 0.25) is 5.91 Å². The van der Waals surface area contributed by atoms with E-state index in [4.69, 9.17) is 28.4 Å². The molecule has 0 aliphatic carbocycles. The van der Waals surface area contributed by atoms with Gasteiger partial charge < -0.3 is 89.9 Å². The van der Waals surface area contributed by atoms with Crippen molar-refractivity contribution in [2.75, 3.05) is 26.4 Å². The molecule has 0 aromatic rings. The Morgan fingerprint density at radius 1 is 0.486 bits per heavy atom. The van der Waals surface area contributed by atoms with Crippen molar-refractivity contribution in [2.45, 2.75) is 291 Å². The highest BCUT2D eigenvalue weighted by Gasteiger charge is 2.53. The van der Waals surface area contributed by atoms with Crippen molar-refractivity contribution in [2.24, 2.45) is 0 Å². The summed E-state index contributed by atoms with van der Waals surface area (Å²) in [4.78, 5) is 13.0. The van der Waals surface area contributed by atoms with E-state index in [1.54, 1.807) is 6.08 Å². The van der Waals surface area contributed by atoms with E-state index < -0.39 is 124 Å². The highest BCUT2D eigenvalue weighted by molar-refractivity contribution is 5.76. The molecule has 0 radical (unpaired) electrons. The molecule has 17 unspecified atom stereocenters. The number of aliphatic hydroxyl groups is 11. The topological polar surface area (TPSA) is 307 Å². The Morgan fingerprint density at radius 3 is 1.31 bits per heavy atom. The maximum absolute atomic E-state index is 13.0. The molecule has 19 nitrogen and oxygen atoms in total. The van der Waals surface area contributed by atoms with Crippen LogP contribution in [0.4, 0.5) is 0 Å². The molecular formula is C53H99NO18. The van der Waals surface area contributed by atoms with E-state index in [-0.39, 0.29) is 18.9 Å². The molecule has 0 bridgehead atoms. The Balaban J connectivity index is 1.42. The third kappa shape index (κ3) is 23.0.